The van der Waals surface area contributed by atoms with Crippen LogP contribution in [-0.2, 0) is 13.1 Å². The zero-order chi connectivity index (χ0) is 12.0. The largest absolute Gasteiger partial charge is 0.360 e. The lowest BCUT2D eigenvalue weighted by atomic mass is 10.3. The van der Waals surface area contributed by atoms with Crippen LogP contribution in [0, 0.1) is 0 Å². The highest BCUT2D eigenvalue weighted by Crippen LogP contribution is 1.95. The quantitative estimate of drug-likeness (QED) is 0.768. The summed E-state index contributed by atoms with van der Waals surface area (Å²) in [7, 11) is 0. The summed E-state index contributed by atoms with van der Waals surface area (Å²) in [5.41, 5.74) is 1.01. The molecule has 0 bridgehead atoms. The lowest BCUT2D eigenvalue weighted by Crippen LogP contribution is -2.39. The van der Waals surface area contributed by atoms with Crippen LogP contribution >= 0.6 is 12.2 Å². The molecule has 1 aromatic heterocycles. The van der Waals surface area contributed by atoms with Gasteiger partial charge in [-0.15, -0.1) is 0 Å². The molecule has 1 rings (SSSR count). The minimum absolute atomic E-state index is 0.410. The smallest absolute Gasteiger partial charge is 0.166 e. The van der Waals surface area contributed by atoms with Crippen LogP contribution in [0.1, 0.15) is 32.9 Å². The monoisotopic (exact) mass is 240 g/mol. The molecule has 1 atom stereocenters. The molecule has 0 saturated heterocycles. The van der Waals surface area contributed by atoms with Gasteiger partial charge in [0.1, 0.15) is 0 Å². The molecule has 0 aliphatic carbocycles. The third kappa shape index (κ3) is 4.18. The van der Waals surface area contributed by atoms with Gasteiger partial charge in [-0.1, -0.05) is 6.92 Å². The van der Waals surface area contributed by atoms with Gasteiger partial charge in [-0.2, -0.15) is 5.10 Å². The SMILES string of the molecule is CCC(C)NC(=S)NCc1ccn(CC)n1. The number of nitrogens with zero attached hydrogens (tertiary/aromatic N) is 2. The van der Waals surface area contributed by atoms with E-state index in [1.807, 2.05) is 16.9 Å². The van der Waals surface area contributed by atoms with Crippen molar-refractivity contribution in [2.24, 2.45) is 0 Å². The molecule has 1 heterocycles. The summed E-state index contributed by atoms with van der Waals surface area (Å²) < 4.78 is 1.90. The van der Waals surface area contributed by atoms with Gasteiger partial charge in [-0.3, -0.25) is 4.68 Å². The summed E-state index contributed by atoms with van der Waals surface area (Å²) >= 11 is 5.17. The average molecular weight is 240 g/mol. The van der Waals surface area contributed by atoms with Crippen LogP contribution in [0.2, 0.25) is 0 Å². The van der Waals surface area contributed by atoms with Crippen LogP contribution in [-0.4, -0.2) is 20.9 Å². The molecule has 0 aliphatic heterocycles. The van der Waals surface area contributed by atoms with Crippen molar-refractivity contribution in [1.29, 1.82) is 0 Å². The maximum Gasteiger partial charge on any atom is 0.166 e. The summed E-state index contributed by atoms with van der Waals surface area (Å²) in [6, 6.07) is 2.41. The van der Waals surface area contributed by atoms with Gasteiger partial charge in [0.2, 0.25) is 0 Å². The van der Waals surface area contributed by atoms with Crippen LogP contribution in [0.25, 0.3) is 0 Å². The first-order valence-corrected chi connectivity index (χ1v) is 6.13. The van der Waals surface area contributed by atoms with Gasteiger partial charge in [0.25, 0.3) is 0 Å². The summed E-state index contributed by atoms with van der Waals surface area (Å²) in [4.78, 5) is 0. The molecule has 1 aromatic rings. The molecule has 0 aromatic carbocycles. The Morgan fingerprint density at radius 3 is 2.88 bits per heavy atom. The Kier molecular flexibility index (Phi) is 5.25. The molecule has 0 amide bonds. The van der Waals surface area contributed by atoms with E-state index in [1.54, 1.807) is 0 Å². The van der Waals surface area contributed by atoms with E-state index in [9.17, 15) is 0 Å². The fourth-order valence-corrected chi connectivity index (χ4v) is 1.50. The van der Waals surface area contributed by atoms with Gasteiger partial charge in [-0.25, -0.2) is 0 Å². The molecule has 0 saturated carbocycles. The summed E-state index contributed by atoms with van der Waals surface area (Å²) in [5, 5.41) is 11.4. The molecule has 90 valence electrons. The predicted molar refractivity (Wildman–Crippen MR) is 70.2 cm³/mol. The normalized spacial score (nSPS) is 12.2. The van der Waals surface area contributed by atoms with Crippen molar-refractivity contribution >= 4 is 17.3 Å². The van der Waals surface area contributed by atoms with E-state index in [0.29, 0.717) is 17.7 Å². The van der Waals surface area contributed by atoms with Gasteiger partial charge in [0, 0.05) is 18.8 Å². The van der Waals surface area contributed by atoms with Gasteiger partial charge >= 0.3 is 0 Å². The Morgan fingerprint density at radius 2 is 2.31 bits per heavy atom. The highest BCUT2D eigenvalue weighted by molar-refractivity contribution is 7.80. The van der Waals surface area contributed by atoms with Crippen molar-refractivity contribution < 1.29 is 0 Å². The van der Waals surface area contributed by atoms with Crippen molar-refractivity contribution in [3.63, 3.8) is 0 Å². The Bertz CT molecular complexity index is 334. The average Bonchev–Trinajstić information content (AvgIpc) is 2.74. The van der Waals surface area contributed by atoms with Crippen LogP contribution < -0.4 is 10.6 Å². The van der Waals surface area contributed by atoms with E-state index in [1.165, 1.54) is 0 Å². The maximum atomic E-state index is 5.17. The first-order chi connectivity index (χ1) is 7.65. The van der Waals surface area contributed by atoms with Crippen LogP contribution in [0.15, 0.2) is 12.3 Å². The Morgan fingerprint density at radius 1 is 1.56 bits per heavy atom. The zero-order valence-electron chi connectivity index (χ0n) is 10.2. The first kappa shape index (κ1) is 13.0. The van der Waals surface area contributed by atoms with Crippen LogP contribution in [0.4, 0.5) is 0 Å². The maximum absolute atomic E-state index is 5.17. The first-order valence-electron chi connectivity index (χ1n) is 5.72. The van der Waals surface area contributed by atoms with E-state index >= 15 is 0 Å². The number of aryl methyl sites for hydroxylation is 1. The molecule has 0 radical (unpaired) electrons. The minimum atomic E-state index is 0.410. The third-order valence-corrected chi connectivity index (χ3v) is 2.70. The van der Waals surface area contributed by atoms with E-state index in [4.69, 9.17) is 12.2 Å². The molecular formula is C11H20N4S. The molecule has 5 heteroatoms. The zero-order valence-corrected chi connectivity index (χ0v) is 11.0. The van der Waals surface area contributed by atoms with Gasteiger partial charge in [0.05, 0.1) is 12.2 Å². The predicted octanol–water partition coefficient (Wildman–Crippen LogP) is 1.67. The van der Waals surface area contributed by atoms with Gasteiger partial charge in [0.15, 0.2) is 5.11 Å². The molecule has 0 spiro atoms. The highest BCUT2D eigenvalue weighted by atomic mass is 32.1. The van der Waals surface area contributed by atoms with E-state index in [-0.39, 0.29) is 0 Å². The lowest BCUT2D eigenvalue weighted by Gasteiger charge is -2.14. The Hall–Kier alpha value is -1.10. The molecule has 1 unspecified atom stereocenters. The fraction of sp³-hybridized carbons (Fsp3) is 0.636. The number of hydrogen-bond donors (Lipinski definition) is 2. The molecule has 2 N–H and O–H groups in total. The number of thiocarbonyl (C=S) groups is 1. The topological polar surface area (TPSA) is 41.9 Å². The van der Waals surface area contributed by atoms with Gasteiger partial charge < -0.3 is 10.6 Å². The van der Waals surface area contributed by atoms with Crippen molar-refractivity contribution in [1.82, 2.24) is 20.4 Å². The van der Waals surface area contributed by atoms with Crippen LogP contribution in [0.5, 0.6) is 0 Å². The second-order valence-electron chi connectivity index (χ2n) is 3.80. The Balaban J connectivity index is 2.31. The third-order valence-electron chi connectivity index (χ3n) is 2.44. The molecule has 16 heavy (non-hydrogen) atoms. The van der Waals surface area contributed by atoms with Crippen molar-refractivity contribution in [3.8, 4) is 0 Å². The van der Waals surface area contributed by atoms with Crippen molar-refractivity contribution in [2.45, 2.75) is 46.3 Å². The number of aromatic nitrogens is 2. The van der Waals surface area contributed by atoms with E-state index in [0.717, 1.165) is 18.7 Å². The molecule has 0 aliphatic rings. The molecular weight excluding hydrogens is 220 g/mol. The highest BCUT2D eigenvalue weighted by Gasteiger charge is 2.02. The van der Waals surface area contributed by atoms with Crippen molar-refractivity contribution in [2.75, 3.05) is 0 Å². The molecule has 4 nitrogen and oxygen atoms in total. The van der Waals surface area contributed by atoms with Crippen molar-refractivity contribution in [3.05, 3.63) is 18.0 Å². The number of rotatable bonds is 5. The summed E-state index contributed by atoms with van der Waals surface area (Å²) in [5.74, 6) is 0. The summed E-state index contributed by atoms with van der Waals surface area (Å²) in [6.45, 7) is 7.88. The molecule has 0 fully saturated rings. The number of hydrogen-bond acceptors (Lipinski definition) is 2. The van der Waals surface area contributed by atoms with E-state index < -0.39 is 0 Å². The Labute approximate surface area is 102 Å². The van der Waals surface area contributed by atoms with Gasteiger partial charge in [-0.05, 0) is 38.6 Å². The number of nitrogens with one attached hydrogen (secondary N) is 2. The standard InChI is InChI=1S/C11H20N4S/c1-4-9(3)13-11(16)12-8-10-6-7-15(5-2)14-10/h6-7,9H,4-5,8H2,1-3H3,(H2,12,13,16). The minimum Gasteiger partial charge on any atom is -0.360 e. The second kappa shape index (κ2) is 6.48. The van der Waals surface area contributed by atoms with E-state index in [2.05, 4.69) is 36.5 Å². The lowest BCUT2D eigenvalue weighted by molar-refractivity contribution is 0.623. The second-order valence-corrected chi connectivity index (χ2v) is 4.21. The fourth-order valence-electron chi connectivity index (χ4n) is 1.22. The van der Waals surface area contributed by atoms with Crippen LogP contribution in [0.3, 0.4) is 0 Å². The summed E-state index contributed by atoms with van der Waals surface area (Å²) in [6.07, 6.45) is 3.04.